The van der Waals surface area contributed by atoms with Crippen LogP contribution in [0.1, 0.15) is 50.2 Å². The predicted octanol–water partition coefficient (Wildman–Crippen LogP) is 4.72. The second-order valence-corrected chi connectivity index (χ2v) is 12.0. The van der Waals surface area contributed by atoms with Gasteiger partial charge in [-0.3, -0.25) is 0 Å². The molecule has 1 saturated heterocycles. The SMILES string of the molecule is CCCCC[C@@H]1[C@H](/C=N/S(=O)(=O)c2ccc(C)cc2)CCN1S(=O)(=O)c1ccc(C)cc1. The summed E-state index contributed by atoms with van der Waals surface area (Å²) in [6.07, 6.45) is 5.60. The Hall–Kier alpha value is -2.03. The van der Waals surface area contributed by atoms with Crippen LogP contribution in [0.3, 0.4) is 0 Å². The lowest BCUT2D eigenvalue weighted by Gasteiger charge is -2.26. The van der Waals surface area contributed by atoms with Gasteiger partial charge in [-0.05, 0) is 51.0 Å². The quantitative estimate of drug-likeness (QED) is 0.387. The first kappa shape index (κ1) is 24.6. The molecule has 2 aromatic carbocycles. The minimum absolute atomic E-state index is 0.143. The smallest absolute Gasteiger partial charge is 0.207 e. The lowest BCUT2D eigenvalue weighted by atomic mass is 9.97. The summed E-state index contributed by atoms with van der Waals surface area (Å²) < 4.78 is 57.5. The van der Waals surface area contributed by atoms with Crippen LogP contribution in [0.15, 0.2) is 62.7 Å². The molecule has 0 aliphatic carbocycles. The van der Waals surface area contributed by atoms with E-state index in [1.807, 2.05) is 13.8 Å². The summed E-state index contributed by atoms with van der Waals surface area (Å²) in [5, 5.41) is 0. The van der Waals surface area contributed by atoms with Crippen LogP contribution in [-0.2, 0) is 20.0 Å². The molecule has 0 radical (unpaired) electrons. The lowest BCUT2D eigenvalue weighted by Crippen LogP contribution is -2.38. The first-order chi connectivity index (χ1) is 15.1. The molecule has 0 saturated carbocycles. The number of benzene rings is 2. The van der Waals surface area contributed by atoms with Crippen LogP contribution in [0.25, 0.3) is 0 Å². The van der Waals surface area contributed by atoms with E-state index in [1.54, 1.807) is 52.8 Å². The lowest BCUT2D eigenvalue weighted by molar-refractivity contribution is 0.343. The highest BCUT2D eigenvalue weighted by molar-refractivity contribution is 7.90. The van der Waals surface area contributed by atoms with Crippen LogP contribution >= 0.6 is 0 Å². The van der Waals surface area contributed by atoms with E-state index in [4.69, 9.17) is 0 Å². The van der Waals surface area contributed by atoms with E-state index in [9.17, 15) is 16.8 Å². The molecule has 1 aliphatic rings. The van der Waals surface area contributed by atoms with E-state index in [0.29, 0.717) is 19.4 Å². The Morgan fingerprint density at radius 2 is 1.47 bits per heavy atom. The maximum absolute atomic E-state index is 13.4. The Morgan fingerprint density at radius 3 is 2.03 bits per heavy atom. The fourth-order valence-electron chi connectivity index (χ4n) is 4.06. The van der Waals surface area contributed by atoms with Gasteiger partial charge in [-0.2, -0.15) is 17.1 Å². The maximum Gasteiger partial charge on any atom is 0.281 e. The zero-order chi connectivity index (χ0) is 23.4. The zero-order valence-corrected chi connectivity index (χ0v) is 20.6. The van der Waals surface area contributed by atoms with Crippen molar-refractivity contribution in [2.45, 2.75) is 68.7 Å². The summed E-state index contributed by atoms with van der Waals surface area (Å²) in [6, 6.07) is 13.1. The number of unbranched alkanes of at least 4 members (excludes halogenated alkanes) is 2. The molecule has 1 aliphatic heterocycles. The monoisotopic (exact) mass is 476 g/mol. The van der Waals surface area contributed by atoms with Crippen molar-refractivity contribution in [1.82, 2.24) is 4.31 Å². The summed E-state index contributed by atoms with van der Waals surface area (Å²) in [4.78, 5) is 0.414. The highest BCUT2D eigenvalue weighted by Gasteiger charge is 2.40. The van der Waals surface area contributed by atoms with Crippen molar-refractivity contribution < 1.29 is 16.8 Å². The number of sulfonamides is 2. The first-order valence-electron chi connectivity index (χ1n) is 11.1. The summed E-state index contributed by atoms with van der Waals surface area (Å²) in [5.41, 5.74) is 1.97. The van der Waals surface area contributed by atoms with Crippen molar-refractivity contribution in [3.63, 3.8) is 0 Å². The molecule has 0 unspecified atom stereocenters. The Morgan fingerprint density at radius 1 is 0.906 bits per heavy atom. The van der Waals surface area contributed by atoms with Gasteiger partial charge in [0.25, 0.3) is 10.0 Å². The number of hydrogen-bond donors (Lipinski definition) is 0. The van der Waals surface area contributed by atoms with Gasteiger partial charge in [-0.25, -0.2) is 8.42 Å². The van der Waals surface area contributed by atoms with Crippen LogP contribution in [0.4, 0.5) is 0 Å². The minimum Gasteiger partial charge on any atom is -0.207 e. The van der Waals surface area contributed by atoms with Crippen LogP contribution in [0.2, 0.25) is 0 Å². The van der Waals surface area contributed by atoms with Crippen molar-refractivity contribution in [3.05, 3.63) is 59.7 Å². The van der Waals surface area contributed by atoms with Crippen molar-refractivity contribution in [2.75, 3.05) is 6.54 Å². The van der Waals surface area contributed by atoms with E-state index in [0.717, 1.165) is 30.4 Å². The van der Waals surface area contributed by atoms with E-state index in [2.05, 4.69) is 11.3 Å². The molecule has 1 fully saturated rings. The summed E-state index contributed by atoms with van der Waals surface area (Å²) in [5.74, 6) is -0.243. The second-order valence-electron chi connectivity index (χ2n) is 8.49. The van der Waals surface area contributed by atoms with Gasteiger partial charge in [-0.1, -0.05) is 61.6 Å². The summed E-state index contributed by atoms with van der Waals surface area (Å²) in [7, 11) is -7.48. The topological polar surface area (TPSA) is 83.9 Å². The normalized spacial score (nSPS) is 20.2. The maximum atomic E-state index is 13.4. The molecule has 174 valence electrons. The predicted molar refractivity (Wildman–Crippen MR) is 128 cm³/mol. The fourth-order valence-corrected chi connectivity index (χ4v) is 6.69. The van der Waals surface area contributed by atoms with Crippen molar-refractivity contribution >= 4 is 26.3 Å². The van der Waals surface area contributed by atoms with Crippen LogP contribution in [0.5, 0.6) is 0 Å². The largest absolute Gasteiger partial charge is 0.281 e. The van der Waals surface area contributed by atoms with Crippen molar-refractivity contribution in [1.29, 1.82) is 0 Å². The van der Waals surface area contributed by atoms with Gasteiger partial charge in [0.1, 0.15) is 0 Å². The molecule has 0 bridgehead atoms. The van der Waals surface area contributed by atoms with Gasteiger partial charge in [0.2, 0.25) is 10.0 Å². The minimum atomic E-state index is -3.82. The molecule has 1 heterocycles. The average molecular weight is 477 g/mol. The Labute approximate surface area is 192 Å². The molecule has 0 aromatic heterocycles. The van der Waals surface area contributed by atoms with Crippen LogP contribution in [0, 0.1) is 19.8 Å². The highest BCUT2D eigenvalue weighted by atomic mass is 32.2. The molecule has 0 amide bonds. The van der Waals surface area contributed by atoms with E-state index in [1.165, 1.54) is 6.21 Å². The van der Waals surface area contributed by atoms with Gasteiger partial charge < -0.3 is 0 Å². The molecule has 2 aromatic rings. The third kappa shape index (κ3) is 5.66. The van der Waals surface area contributed by atoms with Crippen LogP contribution < -0.4 is 0 Å². The molecule has 2 atom stereocenters. The fraction of sp³-hybridized carbons (Fsp3) is 0.458. The zero-order valence-electron chi connectivity index (χ0n) is 18.9. The van der Waals surface area contributed by atoms with E-state index >= 15 is 0 Å². The molecule has 3 rings (SSSR count). The van der Waals surface area contributed by atoms with E-state index in [-0.39, 0.29) is 21.8 Å². The standard InChI is InChI=1S/C24H32N2O4S2/c1-4-5-6-7-24-21(18-25-31(27,28)22-12-8-19(2)9-13-22)16-17-26(24)32(29,30)23-14-10-20(3)11-15-23/h8-15,18,21,24H,4-7,16-17H2,1-3H3/b25-18+/t21-,24+/m0/s1. The number of hydrogen-bond acceptors (Lipinski definition) is 4. The van der Waals surface area contributed by atoms with Crippen molar-refractivity contribution in [3.8, 4) is 0 Å². The van der Waals surface area contributed by atoms with Gasteiger partial charge in [0.05, 0.1) is 9.79 Å². The number of aryl methyl sites for hydroxylation is 2. The second kappa shape index (κ2) is 10.3. The highest BCUT2D eigenvalue weighted by Crippen LogP contribution is 2.33. The summed E-state index contributed by atoms with van der Waals surface area (Å²) in [6.45, 7) is 6.26. The third-order valence-electron chi connectivity index (χ3n) is 5.99. The molecule has 32 heavy (non-hydrogen) atoms. The number of rotatable bonds is 9. The molecule has 0 spiro atoms. The third-order valence-corrected chi connectivity index (χ3v) is 9.19. The Kier molecular flexibility index (Phi) is 7.90. The number of nitrogens with zero attached hydrogens (tertiary/aromatic N) is 2. The Balaban J connectivity index is 1.86. The van der Waals surface area contributed by atoms with Crippen molar-refractivity contribution in [2.24, 2.45) is 10.3 Å². The van der Waals surface area contributed by atoms with Gasteiger partial charge in [0.15, 0.2) is 0 Å². The molecule has 0 N–H and O–H groups in total. The van der Waals surface area contributed by atoms with Crippen LogP contribution in [-0.4, -0.2) is 39.9 Å². The Bertz CT molecular complexity index is 1140. The average Bonchev–Trinajstić information content (AvgIpc) is 3.17. The molecular weight excluding hydrogens is 444 g/mol. The van der Waals surface area contributed by atoms with Gasteiger partial charge in [-0.15, -0.1) is 0 Å². The molecule has 6 nitrogen and oxygen atoms in total. The van der Waals surface area contributed by atoms with E-state index < -0.39 is 20.0 Å². The van der Waals surface area contributed by atoms with Gasteiger partial charge >= 0.3 is 0 Å². The van der Waals surface area contributed by atoms with Gasteiger partial charge in [0, 0.05) is 24.7 Å². The molecular formula is C24H32N2O4S2. The molecule has 8 heteroatoms. The summed E-state index contributed by atoms with van der Waals surface area (Å²) >= 11 is 0. The first-order valence-corrected chi connectivity index (χ1v) is 14.0.